The van der Waals surface area contributed by atoms with Gasteiger partial charge in [-0.25, -0.2) is 0 Å². The van der Waals surface area contributed by atoms with Crippen LogP contribution in [0.1, 0.15) is 49.7 Å². The molecule has 0 atom stereocenters. The molecule has 1 aliphatic carbocycles. The molecule has 0 aliphatic heterocycles. The summed E-state index contributed by atoms with van der Waals surface area (Å²) in [5.74, 6) is 0.911. The van der Waals surface area contributed by atoms with Crippen LogP contribution in [0.2, 0.25) is 0 Å². The molecule has 0 amide bonds. The first kappa shape index (κ1) is 17.7. The monoisotopic (exact) mass is 367 g/mol. The molecule has 3 heterocycles. The minimum Gasteiger partial charge on any atom is -0.332 e. The number of hydrogen-bond donors (Lipinski definition) is 1. The van der Waals surface area contributed by atoms with Crippen molar-refractivity contribution in [1.82, 2.24) is 24.9 Å². The maximum Gasteiger partial charge on any atom is 0.279 e. The van der Waals surface area contributed by atoms with Crippen molar-refractivity contribution in [2.45, 2.75) is 53.4 Å². The summed E-state index contributed by atoms with van der Waals surface area (Å²) in [6, 6.07) is 1.85. The third-order valence-corrected chi connectivity index (χ3v) is 5.54. The van der Waals surface area contributed by atoms with E-state index in [9.17, 15) is 4.79 Å². The van der Waals surface area contributed by atoms with Gasteiger partial charge in [-0.05, 0) is 44.1 Å². The Hall–Kier alpha value is -2.70. The van der Waals surface area contributed by atoms with Gasteiger partial charge < -0.3 is 9.51 Å². The van der Waals surface area contributed by atoms with E-state index in [1.165, 1.54) is 11.3 Å². The molecule has 0 saturated carbocycles. The molecule has 1 aliphatic rings. The fraction of sp³-hybridized carbons (Fsp3) is 0.500. The molecular formula is C20H25N5O2. The van der Waals surface area contributed by atoms with Crippen molar-refractivity contribution >= 4 is 0 Å². The molecule has 1 N–H and O–H groups in total. The lowest BCUT2D eigenvalue weighted by Gasteiger charge is -2.29. The maximum atomic E-state index is 12.0. The lowest BCUT2D eigenvalue weighted by molar-refractivity contribution is 0.306. The van der Waals surface area contributed by atoms with Gasteiger partial charge in [-0.3, -0.25) is 9.48 Å². The molecule has 7 nitrogen and oxygen atoms in total. The lowest BCUT2D eigenvalue weighted by Crippen LogP contribution is -2.23. The van der Waals surface area contributed by atoms with Crippen molar-refractivity contribution in [2.24, 2.45) is 12.5 Å². The number of nitrogens with zero attached hydrogens (tertiary/aromatic N) is 4. The Labute approximate surface area is 157 Å². The first-order valence-electron chi connectivity index (χ1n) is 9.41. The van der Waals surface area contributed by atoms with Crippen LogP contribution in [0.5, 0.6) is 0 Å². The summed E-state index contributed by atoms with van der Waals surface area (Å²) in [5, 5.41) is 8.83. The van der Waals surface area contributed by atoms with Crippen LogP contribution in [0.3, 0.4) is 0 Å². The normalized spacial score (nSPS) is 15.7. The molecule has 3 aromatic heterocycles. The summed E-state index contributed by atoms with van der Waals surface area (Å²) in [7, 11) is 1.97. The molecular weight excluding hydrogens is 342 g/mol. The standard InChI is InChI=1S/C20H25N5O2/c1-6-12-9-14(11(2)21-18(12)26)17-22-19(27-24-17)16-13-7-8-20(3,4)10-15(13)25(5)23-16/h9H,6-8,10H2,1-5H3,(H,21,26). The van der Waals surface area contributed by atoms with Crippen molar-refractivity contribution in [2.75, 3.05) is 0 Å². The Bertz CT molecular complexity index is 1070. The number of aromatic amines is 1. The van der Waals surface area contributed by atoms with E-state index in [-0.39, 0.29) is 11.0 Å². The number of aromatic nitrogens is 5. The molecule has 0 aromatic carbocycles. The Morgan fingerprint density at radius 1 is 1.37 bits per heavy atom. The minimum absolute atomic E-state index is 0.0659. The predicted molar refractivity (Wildman–Crippen MR) is 102 cm³/mol. The number of nitrogens with one attached hydrogen (secondary N) is 1. The molecule has 7 heteroatoms. The number of pyridine rings is 1. The summed E-state index contributed by atoms with van der Waals surface area (Å²) in [6.45, 7) is 8.37. The SMILES string of the molecule is CCc1cc(-c2noc(-c3nn(C)c4c3CCC(C)(C)C4)n2)c(C)[nH]c1=O. The number of fused-ring (bicyclic) bond motifs is 1. The van der Waals surface area contributed by atoms with Gasteiger partial charge in [0.15, 0.2) is 5.69 Å². The van der Waals surface area contributed by atoms with E-state index in [0.717, 1.165) is 36.2 Å². The zero-order valence-electron chi connectivity index (χ0n) is 16.5. The number of rotatable bonds is 3. The van der Waals surface area contributed by atoms with E-state index in [4.69, 9.17) is 4.52 Å². The molecule has 0 radical (unpaired) electrons. The topological polar surface area (TPSA) is 89.6 Å². The van der Waals surface area contributed by atoms with Gasteiger partial charge in [0, 0.05) is 35.1 Å². The van der Waals surface area contributed by atoms with E-state index in [2.05, 4.69) is 34.1 Å². The van der Waals surface area contributed by atoms with E-state index >= 15 is 0 Å². The summed E-state index contributed by atoms with van der Waals surface area (Å²) >= 11 is 0. The third-order valence-electron chi connectivity index (χ3n) is 5.54. The van der Waals surface area contributed by atoms with Crippen LogP contribution < -0.4 is 5.56 Å². The third kappa shape index (κ3) is 3.01. The van der Waals surface area contributed by atoms with Crippen LogP contribution in [0, 0.1) is 12.3 Å². The highest BCUT2D eigenvalue weighted by Crippen LogP contribution is 2.38. The zero-order valence-corrected chi connectivity index (χ0v) is 16.5. The summed E-state index contributed by atoms with van der Waals surface area (Å²) < 4.78 is 7.51. The van der Waals surface area contributed by atoms with Crippen LogP contribution in [0.4, 0.5) is 0 Å². The van der Waals surface area contributed by atoms with Crippen molar-refractivity contribution in [3.05, 3.63) is 38.9 Å². The molecule has 3 aromatic rings. The van der Waals surface area contributed by atoms with E-state index in [1.54, 1.807) is 0 Å². The number of aryl methyl sites for hydroxylation is 3. The highest BCUT2D eigenvalue weighted by molar-refractivity contribution is 5.62. The van der Waals surface area contributed by atoms with Crippen molar-refractivity contribution < 1.29 is 4.52 Å². The summed E-state index contributed by atoms with van der Waals surface area (Å²) in [4.78, 5) is 19.4. The zero-order chi connectivity index (χ0) is 19.3. The Balaban J connectivity index is 1.76. The summed E-state index contributed by atoms with van der Waals surface area (Å²) in [5.41, 5.74) is 5.67. The van der Waals surface area contributed by atoms with Gasteiger partial charge in [-0.1, -0.05) is 25.9 Å². The second-order valence-electron chi connectivity index (χ2n) is 8.18. The van der Waals surface area contributed by atoms with Crippen molar-refractivity contribution in [1.29, 1.82) is 0 Å². The van der Waals surface area contributed by atoms with Crippen molar-refractivity contribution in [3.63, 3.8) is 0 Å². The van der Waals surface area contributed by atoms with E-state index < -0.39 is 0 Å². The van der Waals surface area contributed by atoms with Gasteiger partial charge >= 0.3 is 0 Å². The number of hydrogen-bond acceptors (Lipinski definition) is 5. The second-order valence-corrected chi connectivity index (χ2v) is 8.18. The van der Waals surface area contributed by atoms with Gasteiger partial charge in [0.05, 0.1) is 0 Å². The predicted octanol–water partition coefficient (Wildman–Crippen LogP) is 3.21. The Morgan fingerprint density at radius 3 is 2.89 bits per heavy atom. The average molecular weight is 367 g/mol. The second kappa shape index (κ2) is 6.18. The van der Waals surface area contributed by atoms with E-state index in [1.807, 2.05) is 31.6 Å². The molecule has 4 rings (SSSR count). The minimum atomic E-state index is -0.0659. The van der Waals surface area contributed by atoms with Crippen LogP contribution in [-0.2, 0) is 26.3 Å². The van der Waals surface area contributed by atoms with E-state index in [0.29, 0.717) is 23.7 Å². The molecule has 0 unspecified atom stereocenters. The fourth-order valence-corrected chi connectivity index (χ4v) is 3.85. The molecule has 0 bridgehead atoms. The van der Waals surface area contributed by atoms with Crippen molar-refractivity contribution in [3.8, 4) is 23.0 Å². The summed E-state index contributed by atoms with van der Waals surface area (Å²) in [6.07, 6.45) is 3.71. The van der Waals surface area contributed by atoms with Crippen LogP contribution >= 0.6 is 0 Å². The number of H-pyrrole nitrogens is 1. The Morgan fingerprint density at radius 2 is 2.15 bits per heavy atom. The van der Waals surface area contributed by atoms with Gasteiger partial charge in [-0.15, -0.1) is 0 Å². The first-order chi connectivity index (χ1) is 12.8. The molecule has 0 saturated heterocycles. The van der Waals surface area contributed by atoms with Gasteiger partial charge in [-0.2, -0.15) is 10.1 Å². The quantitative estimate of drug-likeness (QED) is 0.768. The highest BCUT2D eigenvalue weighted by atomic mass is 16.5. The lowest BCUT2D eigenvalue weighted by atomic mass is 9.76. The largest absolute Gasteiger partial charge is 0.332 e. The van der Waals surface area contributed by atoms with Crippen LogP contribution in [0.15, 0.2) is 15.4 Å². The maximum absolute atomic E-state index is 12.0. The highest BCUT2D eigenvalue weighted by Gasteiger charge is 2.32. The Kier molecular flexibility index (Phi) is 4.05. The molecule has 0 spiro atoms. The van der Waals surface area contributed by atoms with Gasteiger partial charge in [0.25, 0.3) is 11.4 Å². The van der Waals surface area contributed by atoms with Crippen LogP contribution in [0.25, 0.3) is 23.0 Å². The molecule has 27 heavy (non-hydrogen) atoms. The average Bonchev–Trinajstić information content (AvgIpc) is 3.19. The molecule has 0 fully saturated rings. The van der Waals surface area contributed by atoms with Crippen LogP contribution in [-0.4, -0.2) is 24.9 Å². The molecule has 142 valence electrons. The van der Waals surface area contributed by atoms with Gasteiger partial charge in [0.1, 0.15) is 0 Å². The van der Waals surface area contributed by atoms with Gasteiger partial charge in [0.2, 0.25) is 5.82 Å². The smallest absolute Gasteiger partial charge is 0.279 e. The first-order valence-corrected chi connectivity index (χ1v) is 9.41. The fourth-order valence-electron chi connectivity index (χ4n) is 3.85.